The van der Waals surface area contributed by atoms with E-state index in [0.29, 0.717) is 17.5 Å². The third-order valence-electron chi connectivity index (χ3n) is 5.29. The summed E-state index contributed by atoms with van der Waals surface area (Å²) in [7, 11) is -3.25. The van der Waals surface area contributed by atoms with E-state index in [1.165, 1.54) is 24.7 Å². The third-order valence-corrected chi connectivity index (χ3v) is 6.40. The lowest BCUT2D eigenvalue weighted by Gasteiger charge is -2.11. The second kappa shape index (κ2) is 7.25. The van der Waals surface area contributed by atoms with Crippen molar-refractivity contribution in [3.63, 3.8) is 0 Å². The van der Waals surface area contributed by atoms with E-state index in [4.69, 9.17) is 4.99 Å². The second-order valence-electron chi connectivity index (χ2n) is 7.81. The first kappa shape index (κ1) is 18.8. The number of aromatic nitrogens is 1. The molecule has 7 heteroatoms. The summed E-state index contributed by atoms with van der Waals surface area (Å²) in [6.45, 7) is 0.655. The second-order valence-corrected chi connectivity index (χ2v) is 9.83. The normalized spacial score (nSPS) is 15.4. The Bertz CT molecular complexity index is 1260. The zero-order valence-electron chi connectivity index (χ0n) is 16.6. The fourth-order valence-electron chi connectivity index (χ4n) is 3.57. The Morgan fingerprint density at radius 2 is 1.83 bits per heavy atom. The molecule has 1 aliphatic heterocycles. The number of hydrogen-bond acceptors (Lipinski definition) is 6. The van der Waals surface area contributed by atoms with Gasteiger partial charge in [0, 0.05) is 41.0 Å². The molecule has 30 heavy (non-hydrogen) atoms. The van der Waals surface area contributed by atoms with Crippen LogP contribution in [0.25, 0.3) is 0 Å². The van der Waals surface area contributed by atoms with Gasteiger partial charge in [-0.3, -0.25) is 4.99 Å². The Labute approximate surface area is 176 Å². The largest absolute Gasteiger partial charge is 0.367 e. The Kier molecular flexibility index (Phi) is 4.55. The third kappa shape index (κ3) is 3.93. The van der Waals surface area contributed by atoms with Gasteiger partial charge in [0.15, 0.2) is 9.84 Å². The van der Waals surface area contributed by atoms with Crippen molar-refractivity contribution in [1.29, 1.82) is 0 Å². The summed E-state index contributed by atoms with van der Waals surface area (Å²) in [5.74, 6) is 0.887. The van der Waals surface area contributed by atoms with E-state index in [9.17, 15) is 8.42 Å². The maximum atomic E-state index is 11.8. The molecule has 5 rings (SSSR count). The fourth-order valence-corrected chi connectivity index (χ4v) is 4.24. The van der Waals surface area contributed by atoms with Crippen LogP contribution in [0.3, 0.4) is 0 Å². The first-order valence-corrected chi connectivity index (χ1v) is 11.8. The highest BCUT2D eigenvalue weighted by Crippen LogP contribution is 2.29. The summed E-state index contributed by atoms with van der Waals surface area (Å²) in [5, 5.41) is 6.76. The van der Waals surface area contributed by atoms with Crippen molar-refractivity contribution in [2.75, 3.05) is 16.9 Å². The van der Waals surface area contributed by atoms with Crippen LogP contribution in [-0.2, 0) is 16.4 Å². The van der Waals surface area contributed by atoms with Crippen LogP contribution in [0.15, 0.2) is 70.7 Å². The molecule has 152 valence electrons. The fraction of sp³-hybridized carbons (Fsp3) is 0.217. The summed E-state index contributed by atoms with van der Waals surface area (Å²) in [6.07, 6.45) is 5.43. The highest BCUT2D eigenvalue weighted by Gasteiger charge is 2.22. The summed E-state index contributed by atoms with van der Waals surface area (Å²) in [4.78, 5) is 9.47. The van der Waals surface area contributed by atoms with Crippen molar-refractivity contribution >= 4 is 32.7 Å². The number of rotatable bonds is 6. The number of anilines is 3. The first-order valence-electron chi connectivity index (χ1n) is 9.93. The van der Waals surface area contributed by atoms with Gasteiger partial charge in [0.05, 0.1) is 17.2 Å². The predicted octanol–water partition coefficient (Wildman–Crippen LogP) is 4.15. The number of pyridine rings is 1. The van der Waals surface area contributed by atoms with Gasteiger partial charge >= 0.3 is 0 Å². The number of nitrogens with zero attached hydrogens (tertiary/aromatic N) is 2. The van der Waals surface area contributed by atoms with Gasteiger partial charge in [-0.1, -0.05) is 12.1 Å². The highest BCUT2D eigenvalue weighted by atomic mass is 32.2. The molecule has 6 nitrogen and oxygen atoms in total. The Balaban J connectivity index is 1.42. The number of nitrogens with one attached hydrogen (secondary N) is 2. The molecule has 1 aliphatic carbocycles. The van der Waals surface area contributed by atoms with Crippen molar-refractivity contribution in [1.82, 2.24) is 4.98 Å². The SMILES string of the molecule is CS(=O)(=O)c1cccc(Nc2ccc3c(c2)C(c2ccnc(NC4CC4)c2)=NC3)c1. The summed E-state index contributed by atoms with van der Waals surface area (Å²) in [5.41, 5.74) is 5.88. The molecule has 2 N–H and O–H groups in total. The minimum absolute atomic E-state index is 0.295. The van der Waals surface area contributed by atoms with Gasteiger partial charge in [-0.25, -0.2) is 13.4 Å². The van der Waals surface area contributed by atoms with Gasteiger partial charge in [0.1, 0.15) is 5.82 Å². The lowest BCUT2D eigenvalue weighted by molar-refractivity contribution is 0.602. The van der Waals surface area contributed by atoms with Gasteiger partial charge in [0.2, 0.25) is 0 Å². The number of sulfone groups is 1. The molecule has 2 heterocycles. The zero-order chi connectivity index (χ0) is 20.7. The van der Waals surface area contributed by atoms with E-state index >= 15 is 0 Å². The van der Waals surface area contributed by atoms with E-state index in [-0.39, 0.29) is 0 Å². The summed E-state index contributed by atoms with van der Waals surface area (Å²) < 4.78 is 23.7. The van der Waals surface area contributed by atoms with Crippen molar-refractivity contribution < 1.29 is 8.42 Å². The standard InChI is InChI=1S/C23H22N4O2S/c1-30(28,29)20-4-2-3-18(12-20)26-19-6-5-16-14-25-23(21(16)13-19)15-9-10-24-22(11-15)27-17-7-8-17/h2-6,9-13,17,26H,7-8,14H2,1H3,(H,24,27). The maximum absolute atomic E-state index is 11.8. The number of aliphatic imine (C=N–C) groups is 1. The molecule has 2 aliphatic rings. The lowest BCUT2D eigenvalue weighted by Crippen LogP contribution is -2.06. The maximum Gasteiger partial charge on any atom is 0.175 e. The van der Waals surface area contributed by atoms with E-state index in [1.54, 1.807) is 18.2 Å². The molecule has 0 radical (unpaired) electrons. The molecule has 2 aromatic carbocycles. The summed E-state index contributed by atoms with van der Waals surface area (Å²) >= 11 is 0. The molecule has 1 saturated carbocycles. The van der Waals surface area contributed by atoms with Crippen LogP contribution in [0.5, 0.6) is 0 Å². The molecule has 0 amide bonds. The molecule has 0 saturated heterocycles. The van der Waals surface area contributed by atoms with Crippen LogP contribution >= 0.6 is 0 Å². The molecular formula is C23H22N4O2S. The van der Waals surface area contributed by atoms with Crippen LogP contribution in [0.1, 0.15) is 29.5 Å². The highest BCUT2D eigenvalue weighted by molar-refractivity contribution is 7.90. The van der Waals surface area contributed by atoms with Crippen molar-refractivity contribution in [3.8, 4) is 0 Å². The van der Waals surface area contributed by atoms with Crippen LogP contribution < -0.4 is 10.6 Å². The van der Waals surface area contributed by atoms with E-state index in [2.05, 4.69) is 33.8 Å². The Morgan fingerprint density at radius 3 is 2.63 bits per heavy atom. The Morgan fingerprint density at radius 1 is 1.00 bits per heavy atom. The van der Waals surface area contributed by atoms with Crippen molar-refractivity contribution in [2.45, 2.75) is 30.3 Å². The topological polar surface area (TPSA) is 83.5 Å². The average Bonchev–Trinajstić information content (AvgIpc) is 3.43. The molecule has 1 fully saturated rings. The van der Waals surface area contributed by atoms with Gasteiger partial charge in [-0.2, -0.15) is 0 Å². The van der Waals surface area contributed by atoms with E-state index in [0.717, 1.165) is 34.0 Å². The number of fused-ring (bicyclic) bond motifs is 1. The van der Waals surface area contributed by atoms with Gasteiger partial charge in [-0.05, 0) is 60.9 Å². The quantitative estimate of drug-likeness (QED) is 0.628. The number of hydrogen-bond donors (Lipinski definition) is 2. The molecule has 0 unspecified atom stereocenters. The van der Waals surface area contributed by atoms with Crippen molar-refractivity contribution in [3.05, 3.63) is 77.5 Å². The van der Waals surface area contributed by atoms with Gasteiger partial charge in [0.25, 0.3) is 0 Å². The minimum Gasteiger partial charge on any atom is -0.367 e. The van der Waals surface area contributed by atoms with Crippen LogP contribution in [-0.4, -0.2) is 31.4 Å². The molecule has 0 atom stereocenters. The number of benzene rings is 2. The van der Waals surface area contributed by atoms with E-state index < -0.39 is 9.84 Å². The van der Waals surface area contributed by atoms with Crippen LogP contribution in [0, 0.1) is 0 Å². The summed E-state index contributed by atoms with van der Waals surface area (Å²) in [6, 6.07) is 17.6. The zero-order valence-corrected chi connectivity index (χ0v) is 17.4. The predicted molar refractivity (Wildman–Crippen MR) is 120 cm³/mol. The van der Waals surface area contributed by atoms with Crippen LogP contribution in [0.2, 0.25) is 0 Å². The molecular weight excluding hydrogens is 396 g/mol. The molecule has 3 aromatic rings. The van der Waals surface area contributed by atoms with Gasteiger partial charge in [-0.15, -0.1) is 0 Å². The minimum atomic E-state index is -3.25. The Hall–Kier alpha value is -3.19. The smallest absolute Gasteiger partial charge is 0.175 e. The van der Waals surface area contributed by atoms with Crippen molar-refractivity contribution in [2.24, 2.45) is 4.99 Å². The first-order chi connectivity index (χ1) is 14.5. The monoisotopic (exact) mass is 418 g/mol. The molecule has 1 aromatic heterocycles. The molecule has 0 spiro atoms. The van der Waals surface area contributed by atoms with Gasteiger partial charge < -0.3 is 10.6 Å². The van der Waals surface area contributed by atoms with E-state index in [1.807, 2.05) is 24.4 Å². The van der Waals surface area contributed by atoms with Crippen LogP contribution in [0.4, 0.5) is 17.2 Å². The molecule has 0 bridgehead atoms. The average molecular weight is 419 g/mol. The lowest BCUT2D eigenvalue weighted by atomic mass is 10.00.